The molecule has 3 aliphatic rings. The lowest BCUT2D eigenvalue weighted by Crippen LogP contribution is -2.32. The summed E-state index contributed by atoms with van der Waals surface area (Å²) in [6.45, 7) is 2.05. The van der Waals surface area contributed by atoms with E-state index in [-0.39, 0.29) is 0 Å². The largest absolute Gasteiger partial charge is 0.496 e. The summed E-state index contributed by atoms with van der Waals surface area (Å²) in [4.78, 5) is 17.9. The Bertz CT molecular complexity index is 3090. The molecule has 6 aromatic carbocycles. The van der Waals surface area contributed by atoms with Gasteiger partial charge in [-0.2, -0.15) is 0 Å². The Morgan fingerprint density at radius 1 is 0.446 bits per heavy atom. The molecule has 4 bridgehead atoms. The van der Waals surface area contributed by atoms with Gasteiger partial charge in [0.15, 0.2) is 34.5 Å². The van der Waals surface area contributed by atoms with Crippen LogP contribution >= 0.6 is 0 Å². The number of nitrogens with zero attached hydrogens (tertiary/aromatic N) is 4. The lowest BCUT2D eigenvalue weighted by molar-refractivity contribution is 0.355. The molecule has 11 heteroatoms. The maximum absolute atomic E-state index is 6.05. The number of aryl methyl sites for hydroxylation is 5. The Hall–Kier alpha value is -7.53. The van der Waals surface area contributed by atoms with Crippen LogP contribution in [0.2, 0.25) is 0 Å². The first-order chi connectivity index (χ1) is 31.7. The highest BCUT2D eigenvalue weighted by Gasteiger charge is 2.47. The van der Waals surface area contributed by atoms with Crippen molar-refractivity contribution in [1.29, 1.82) is 0 Å². The minimum absolute atomic E-state index is 0.568. The molecular weight excluding hydrogens is 817 g/mol. The SMILES string of the molecule is COc1ccc(C2=NC3(N=C2c2ccc(OC)c(OC)c2)c2cc4ccc2CCc2ccc(cc2-c2nc(-c5ccc(OC)c(OC)c5)c(-c5ccc(OC)c(OC)c5)n23)CC4)cc1C. The average molecular weight is 867 g/mol. The molecule has 4 heterocycles. The van der Waals surface area contributed by atoms with Gasteiger partial charge in [0.2, 0.25) is 0 Å². The first kappa shape index (κ1) is 41.5. The second-order valence-electron chi connectivity index (χ2n) is 16.4. The lowest BCUT2D eigenvalue weighted by Gasteiger charge is -2.31. The van der Waals surface area contributed by atoms with Crippen molar-refractivity contribution >= 4 is 11.4 Å². The number of fused-ring (bicyclic) bond motifs is 2. The molecule has 328 valence electrons. The van der Waals surface area contributed by atoms with Crippen LogP contribution in [0.3, 0.4) is 0 Å². The molecule has 0 saturated carbocycles. The summed E-state index contributed by atoms with van der Waals surface area (Å²) in [5.74, 6) is 3.60. The summed E-state index contributed by atoms with van der Waals surface area (Å²) >= 11 is 0. The summed E-state index contributed by atoms with van der Waals surface area (Å²) < 4.78 is 43.2. The van der Waals surface area contributed by atoms with E-state index in [4.69, 9.17) is 48.1 Å². The topological polar surface area (TPSA) is 107 Å². The predicted octanol–water partition coefficient (Wildman–Crippen LogP) is 10.1. The van der Waals surface area contributed by atoms with E-state index in [2.05, 4.69) is 53.1 Å². The monoisotopic (exact) mass is 866 g/mol. The van der Waals surface area contributed by atoms with Crippen LogP contribution in [0.5, 0.6) is 40.2 Å². The molecule has 65 heavy (non-hydrogen) atoms. The van der Waals surface area contributed by atoms with Crippen LogP contribution < -0.4 is 33.2 Å². The second-order valence-corrected chi connectivity index (χ2v) is 16.4. The van der Waals surface area contributed by atoms with E-state index in [1.807, 2.05) is 67.6 Å². The first-order valence-corrected chi connectivity index (χ1v) is 21.6. The molecule has 10 rings (SSSR count). The van der Waals surface area contributed by atoms with Crippen molar-refractivity contribution in [2.24, 2.45) is 9.98 Å². The van der Waals surface area contributed by atoms with Crippen molar-refractivity contribution in [2.75, 3.05) is 49.8 Å². The zero-order valence-electron chi connectivity index (χ0n) is 37.9. The van der Waals surface area contributed by atoms with E-state index in [0.29, 0.717) is 51.6 Å². The molecular formula is C54H50N4O7. The highest BCUT2D eigenvalue weighted by atomic mass is 16.5. The maximum atomic E-state index is 6.05. The van der Waals surface area contributed by atoms with E-state index in [1.54, 1.807) is 49.8 Å². The van der Waals surface area contributed by atoms with Crippen molar-refractivity contribution in [1.82, 2.24) is 9.55 Å². The van der Waals surface area contributed by atoms with Gasteiger partial charge < -0.3 is 33.2 Å². The Balaban J connectivity index is 1.42. The summed E-state index contributed by atoms with van der Waals surface area (Å²) in [5.41, 5.74) is 13.9. The fourth-order valence-electron chi connectivity index (χ4n) is 9.61. The van der Waals surface area contributed by atoms with Gasteiger partial charge in [-0.1, -0.05) is 24.3 Å². The van der Waals surface area contributed by atoms with Crippen LogP contribution in [0.25, 0.3) is 33.9 Å². The molecule has 11 nitrogen and oxygen atoms in total. The zero-order valence-corrected chi connectivity index (χ0v) is 37.9. The number of imidazole rings is 1. The summed E-state index contributed by atoms with van der Waals surface area (Å²) in [5, 5.41) is 0. The average Bonchev–Trinajstić information content (AvgIpc) is 3.95. The Kier molecular flexibility index (Phi) is 10.6. The number of hydrogen-bond donors (Lipinski definition) is 0. The number of aliphatic imine (C=N–C) groups is 2. The minimum atomic E-state index is -1.45. The van der Waals surface area contributed by atoms with Gasteiger partial charge in [-0.25, -0.2) is 15.0 Å². The number of methoxy groups -OCH3 is 7. The molecule has 3 aliphatic heterocycles. The van der Waals surface area contributed by atoms with Crippen LogP contribution in [-0.2, 0) is 31.5 Å². The second kappa shape index (κ2) is 16.5. The highest BCUT2D eigenvalue weighted by Crippen LogP contribution is 2.51. The third-order valence-corrected chi connectivity index (χ3v) is 12.9. The first-order valence-electron chi connectivity index (χ1n) is 21.6. The fraction of sp³-hybridized carbons (Fsp3) is 0.241. The zero-order chi connectivity index (χ0) is 45.0. The predicted molar refractivity (Wildman–Crippen MR) is 253 cm³/mol. The number of ether oxygens (including phenoxy) is 7. The van der Waals surface area contributed by atoms with Gasteiger partial charge in [0.1, 0.15) is 11.6 Å². The van der Waals surface area contributed by atoms with E-state index in [0.717, 1.165) is 87.5 Å². The van der Waals surface area contributed by atoms with Gasteiger partial charge in [-0.05, 0) is 145 Å². The molecule has 0 amide bonds. The van der Waals surface area contributed by atoms with Crippen molar-refractivity contribution in [2.45, 2.75) is 38.4 Å². The molecule has 0 radical (unpaired) electrons. The molecule has 1 atom stereocenters. The third-order valence-electron chi connectivity index (χ3n) is 12.9. The van der Waals surface area contributed by atoms with Crippen LogP contribution in [0.15, 0.2) is 119 Å². The smallest absolute Gasteiger partial charge is 0.261 e. The lowest BCUT2D eigenvalue weighted by atomic mass is 9.90. The Morgan fingerprint density at radius 2 is 0.923 bits per heavy atom. The summed E-state index contributed by atoms with van der Waals surface area (Å²) in [7, 11) is 11.6. The van der Waals surface area contributed by atoms with Gasteiger partial charge in [0.25, 0.3) is 5.79 Å². The van der Waals surface area contributed by atoms with E-state index in [1.165, 1.54) is 16.7 Å². The molecule has 0 N–H and O–H groups in total. The van der Waals surface area contributed by atoms with Crippen molar-refractivity contribution in [3.63, 3.8) is 0 Å². The molecule has 1 spiro atoms. The van der Waals surface area contributed by atoms with Gasteiger partial charge in [-0.3, -0.25) is 4.57 Å². The number of benzene rings is 6. The fourth-order valence-corrected chi connectivity index (χ4v) is 9.61. The Morgan fingerprint density at radius 3 is 1.51 bits per heavy atom. The third kappa shape index (κ3) is 6.84. The van der Waals surface area contributed by atoms with Crippen LogP contribution in [0.4, 0.5) is 0 Å². The molecule has 0 saturated heterocycles. The number of hydrogen-bond acceptors (Lipinski definition) is 10. The van der Waals surface area contributed by atoms with E-state index in [9.17, 15) is 0 Å². The van der Waals surface area contributed by atoms with E-state index < -0.39 is 5.79 Å². The van der Waals surface area contributed by atoms with Gasteiger partial charge in [0, 0.05) is 33.4 Å². The van der Waals surface area contributed by atoms with Crippen LogP contribution in [0, 0.1) is 6.92 Å². The van der Waals surface area contributed by atoms with Crippen LogP contribution in [0.1, 0.15) is 44.5 Å². The molecule has 1 unspecified atom stereocenters. The van der Waals surface area contributed by atoms with Gasteiger partial charge in [-0.15, -0.1) is 0 Å². The summed E-state index contributed by atoms with van der Waals surface area (Å²) in [6, 6.07) is 37.7. The normalized spacial score (nSPS) is 15.7. The minimum Gasteiger partial charge on any atom is -0.496 e. The van der Waals surface area contributed by atoms with Crippen molar-refractivity contribution < 1.29 is 33.2 Å². The summed E-state index contributed by atoms with van der Waals surface area (Å²) in [6.07, 6.45) is 3.23. The molecule has 0 aliphatic carbocycles. The van der Waals surface area contributed by atoms with Gasteiger partial charge >= 0.3 is 0 Å². The standard InChI is InChI=1S/C54H50N4O7/c1-31-25-36(17-21-42(31)59-2)49-50(37-18-22-43(60-3)46(28-37)63-6)57-54(56-49)41-27-33-10-9-32-11-13-34(15-16-35(41)14-12-33)40(26-32)53-55-51(38-19-23-44(61-4)47(29-38)64-7)52(58(53)54)39-20-24-45(62-5)48(30-39)65-8/h11-14,17-30H,9-10,15-16H2,1-8H3. The molecule has 1 aromatic heterocycles. The highest BCUT2D eigenvalue weighted by molar-refractivity contribution is 6.54. The van der Waals surface area contributed by atoms with Crippen molar-refractivity contribution in [3.05, 3.63) is 154 Å². The quantitative estimate of drug-likeness (QED) is 0.127. The molecule has 7 aromatic rings. The van der Waals surface area contributed by atoms with E-state index >= 15 is 0 Å². The number of rotatable bonds is 11. The maximum Gasteiger partial charge on any atom is 0.261 e. The Labute approximate surface area is 378 Å². The van der Waals surface area contributed by atoms with Gasteiger partial charge in [0.05, 0.1) is 72.6 Å². The van der Waals surface area contributed by atoms with Crippen LogP contribution in [-0.4, -0.2) is 70.7 Å². The molecule has 0 fully saturated rings. The number of aromatic nitrogens is 2. The van der Waals surface area contributed by atoms with Crippen molar-refractivity contribution in [3.8, 4) is 74.1 Å².